The van der Waals surface area contributed by atoms with E-state index in [0.29, 0.717) is 0 Å². The first-order valence-corrected chi connectivity index (χ1v) is 8.30. The summed E-state index contributed by atoms with van der Waals surface area (Å²) in [5, 5.41) is -1.54. The van der Waals surface area contributed by atoms with E-state index in [9.17, 15) is 25.5 Å². The second kappa shape index (κ2) is 4.79. The van der Waals surface area contributed by atoms with Gasteiger partial charge >= 0.3 is 10.2 Å². The molecule has 1 atom stereocenters. The lowest BCUT2D eigenvalue weighted by Crippen LogP contribution is -2.28. The van der Waals surface area contributed by atoms with Gasteiger partial charge < -0.3 is 4.90 Å². The summed E-state index contributed by atoms with van der Waals surface area (Å²) in [6, 6.07) is 5.04. The number of hydrogen-bond acceptors (Lipinski definition) is 5. The molecule has 0 aromatic heterocycles. The molecule has 1 aromatic rings. The maximum Gasteiger partial charge on any atom is 0.307 e. The van der Waals surface area contributed by atoms with Gasteiger partial charge in [-0.1, -0.05) is 12.1 Å². The fraction of sp³-hybridized carbons (Fsp3) is 0.300. The highest BCUT2D eigenvalue weighted by Gasteiger charge is 2.40. The minimum Gasteiger partial charge on any atom is -0.310 e. The number of carbonyl (C=O) groups excluding carboxylic acids is 1. The SMILES string of the molecule is O=C1CC(S(=O)(=O)F)CN1c1ccccc1S(=O)(=O)O. The molecule has 1 aliphatic rings. The zero-order valence-electron chi connectivity index (χ0n) is 9.93. The zero-order chi connectivity index (χ0) is 15.1. The van der Waals surface area contributed by atoms with Gasteiger partial charge in [-0.2, -0.15) is 16.8 Å². The van der Waals surface area contributed by atoms with E-state index in [-0.39, 0.29) is 5.69 Å². The number of carbonyl (C=O) groups is 1. The summed E-state index contributed by atoms with van der Waals surface area (Å²) >= 11 is 0. The summed E-state index contributed by atoms with van der Waals surface area (Å²) in [5.74, 6) is -0.729. The van der Waals surface area contributed by atoms with Crippen LogP contribution in [0.25, 0.3) is 0 Å². The monoisotopic (exact) mass is 323 g/mol. The molecule has 7 nitrogen and oxygen atoms in total. The number of benzene rings is 1. The minimum absolute atomic E-state index is 0.175. The summed E-state index contributed by atoms with van der Waals surface area (Å²) < 4.78 is 66.1. The van der Waals surface area contributed by atoms with Gasteiger partial charge in [0.15, 0.2) is 0 Å². The normalized spacial score (nSPS) is 20.4. The third-order valence-corrected chi connectivity index (χ3v) is 4.93. The van der Waals surface area contributed by atoms with Crippen molar-refractivity contribution in [2.24, 2.45) is 0 Å². The van der Waals surface area contributed by atoms with Crippen LogP contribution in [-0.4, -0.2) is 39.1 Å². The highest BCUT2D eigenvalue weighted by Crippen LogP contribution is 2.30. The van der Waals surface area contributed by atoms with Gasteiger partial charge in [0, 0.05) is 13.0 Å². The van der Waals surface area contributed by atoms with Crippen molar-refractivity contribution in [3.63, 3.8) is 0 Å². The molecule has 0 bridgehead atoms. The highest BCUT2D eigenvalue weighted by atomic mass is 32.3. The van der Waals surface area contributed by atoms with Gasteiger partial charge in [-0.3, -0.25) is 9.35 Å². The number of halogens is 1. The van der Waals surface area contributed by atoms with E-state index < -0.39 is 49.4 Å². The topological polar surface area (TPSA) is 109 Å². The van der Waals surface area contributed by atoms with Crippen molar-refractivity contribution in [1.29, 1.82) is 0 Å². The maximum absolute atomic E-state index is 12.9. The average Bonchev–Trinajstić information content (AvgIpc) is 2.70. The molecule has 1 aromatic carbocycles. The van der Waals surface area contributed by atoms with Crippen molar-refractivity contribution in [3.05, 3.63) is 24.3 Å². The molecular weight excluding hydrogens is 313 g/mol. The number of para-hydroxylation sites is 1. The van der Waals surface area contributed by atoms with Gasteiger partial charge in [-0.15, -0.1) is 3.89 Å². The van der Waals surface area contributed by atoms with Crippen LogP contribution in [0.15, 0.2) is 29.2 Å². The van der Waals surface area contributed by atoms with E-state index in [0.717, 1.165) is 11.0 Å². The molecule has 1 fully saturated rings. The molecule has 1 amide bonds. The standard InChI is InChI=1S/C10H10FNO6S2/c11-19(14,15)7-5-10(13)12(6-7)8-3-1-2-4-9(8)20(16,17)18/h1-4,7H,5-6H2,(H,16,17,18). The smallest absolute Gasteiger partial charge is 0.307 e. The van der Waals surface area contributed by atoms with E-state index in [1.807, 2.05) is 0 Å². The van der Waals surface area contributed by atoms with E-state index in [1.54, 1.807) is 0 Å². The second-order valence-corrected chi connectivity index (χ2v) is 7.26. The minimum atomic E-state index is -4.90. The number of hydrogen-bond donors (Lipinski definition) is 1. The van der Waals surface area contributed by atoms with Crippen LogP contribution in [0.2, 0.25) is 0 Å². The van der Waals surface area contributed by atoms with Crippen molar-refractivity contribution >= 4 is 31.9 Å². The van der Waals surface area contributed by atoms with Gasteiger partial charge in [0.05, 0.1) is 5.69 Å². The summed E-state index contributed by atoms with van der Waals surface area (Å²) in [7, 11) is -9.48. The van der Waals surface area contributed by atoms with Crippen molar-refractivity contribution in [3.8, 4) is 0 Å². The molecule has 110 valence electrons. The van der Waals surface area contributed by atoms with E-state index in [1.165, 1.54) is 18.2 Å². The number of rotatable bonds is 3. The van der Waals surface area contributed by atoms with Crippen molar-refractivity contribution in [1.82, 2.24) is 0 Å². The van der Waals surface area contributed by atoms with Crippen LogP contribution >= 0.6 is 0 Å². The van der Waals surface area contributed by atoms with Gasteiger partial charge in [0.25, 0.3) is 10.1 Å². The first-order valence-electron chi connectivity index (χ1n) is 5.41. The molecule has 20 heavy (non-hydrogen) atoms. The third kappa shape index (κ3) is 2.81. The molecule has 1 unspecified atom stereocenters. The Labute approximate surface area is 115 Å². The maximum atomic E-state index is 12.9. The summed E-state index contributed by atoms with van der Waals surface area (Å²) in [4.78, 5) is 12.0. The second-order valence-electron chi connectivity index (χ2n) is 4.25. The molecule has 0 radical (unpaired) electrons. The largest absolute Gasteiger partial charge is 0.310 e. The van der Waals surface area contributed by atoms with Crippen LogP contribution in [0.4, 0.5) is 9.57 Å². The van der Waals surface area contributed by atoms with Crippen LogP contribution < -0.4 is 4.90 Å². The highest BCUT2D eigenvalue weighted by molar-refractivity contribution is 7.87. The lowest BCUT2D eigenvalue weighted by Gasteiger charge is -2.18. The molecule has 1 N–H and O–H groups in total. The first kappa shape index (κ1) is 14.9. The van der Waals surface area contributed by atoms with E-state index in [4.69, 9.17) is 4.55 Å². The molecule has 10 heteroatoms. The van der Waals surface area contributed by atoms with Crippen LogP contribution in [0.3, 0.4) is 0 Å². The Kier molecular flexibility index (Phi) is 3.56. The lowest BCUT2D eigenvalue weighted by atomic mass is 10.3. The fourth-order valence-corrected chi connectivity index (χ4v) is 3.36. The average molecular weight is 323 g/mol. The number of amides is 1. The molecule has 0 spiro atoms. The Morgan fingerprint density at radius 2 is 1.80 bits per heavy atom. The Morgan fingerprint density at radius 1 is 1.20 bits per heavy atom. The molecular formula is C10H10FNO6S2. The van der Waals surface area contributed by atoms with Crippen molar-refractivity contribution in [2.75, 3.05) is 11.4 Å². The summed E-state index contributed by atoms with van der Waals surface area (Å²) in [5.41, 5.74) is -0.175. The Hall–Kier alpha value is -1.52. The fourth-order valence-electron chi connectivity index (χ4n) is 1.99. The Morgan fingerprint density at radius 3 is 2.30 bits per heavy atom. The zero-order valence-corrected chi connectivity index (χ0v) is 11.6. The van der Waals surface area contributed by atoms with Crippen LogP contribution in [0.1, 0.15) is 6.42 Å². The predicted molar refractivity (Wildman–Crippen MR) is 67.0 cm³/mol. The Balaban J connectivity index is 2.47. The lowest BCUT2D eigenvalue weighted by molar-refractivity contribution is -0.117. The Bertz CT molecular complexity index is 758. The van der Waals surface area contributed by atoms with Crippen molar-refractivity contribution in [2.45, 2.75) is 16.6 Å². The van der Waals surface area contributed by atoms with E-state index >= 15 is 0 Å². The third-order valence-electron chi connectivity index (χ3n) is 2.92. The number of nitrogens with zero attached hydrogens (tertiary/aromatic N) is 1. The van der Waals surface area contributed by atoms with Crippen molar-refractivity contribution < 1.29 is 30.1 Å². The van der Waals surface area contributed by atoms with Gasteiger partial charge in [-0.05, 0) is 12.1 Å². The van der Waals surface area contributed by atoms with Gasteiger partial charge in [-0.25, -0.2) is 0 Å². The first-order chi connectivity index (χ1) is 9.10. The van der Waals surface area contributed by atoms with E-state index in [2.05, 4.69) is 0 Å². The molecule has 1 saturated heterocycles. The van der Waals surface area contributed by atoms with Gasteiger partial charge in [0.2, 0.25) is 5.91 Å². The van der Waals surface area contributed by atoms with Crippen LogP contribution in [0.5, 0.6) is 0 Å². The van der Waals surface area contributed by atoms with Gasteiger partial charge in [0.1, 0.15) is 10.1 Å². The molecule has 1 heterocycles. The van der Waals surface area contributed by atoms with Crippen LogP contribution in [0, 0.1) is 0 Å². The predicted octanol–water partition coefficient (Wildman–Crippen LogP) is 0.338. The summed E-state index contributed by atoms with van der Waals surface area (Å²) in [6.45, 7) is -0.496. The number of anilines is 1. The molecule has 0 saturated carbocycles. The quantitative estimate of drug-likeness (QED) is 0.634. The molecule has 0 aliphatic carbocycles. The summed E-state index contributed by atoms with van der Waals surface area (Å²) in [6.07, 6.45) is -0.571. The molecule has 1 aliphatic heterocycles. The molecule has 2 rings (SSSR count). The van der Waals surface area contributed by atoms with Crippen LogP contribution in [-0.2, 0) is 25.1 Å².